The van der Waals surface area contributed by atoms with E-state index in [1.807, 2.05) is 12.1 Å². The Bertz CT molecular complexity index is 445. The van der Waals surface area contributed by atoms with Crippen LogP contribution < -0.4 is 10.6 Å². The topological polar surface area (TPSA) is 53.6 Å². The molecule has 1 aliphatic heterocycles. The zero-order valence-corrected chi connectivity index (χ0v) is 12.7. The minimum Gasteiger partial charge on any atom is -0.379 e. The summed E-state index contributed by atoms with van der Waals surface area (Å²) in [4.78, 5) is 14.1. The third-order valence-electron chi connectivity index (χ3n) is 3.58. The fourth-order valence-electron chi connectivity index (χ4n) is 2.40. The summed E-state index contributed by atoms with van der Waals surface area (Å²) in [6.45, 7) is 7.98. The molecule has 1 aromatic rings. The number of amides is 2. The van der Waals surface area contributed by atoms with Gasteiger partial charge in [0.15, 0.2) is 0 Å². The average Bonchev–Trinajstić information content (AvgIpc) is 2.51. The summed E-state index contributed by atoms with van der Waals surface area (Å²) in [5.74, 6) is 0. The Morgan fingerprint density at radius 1 is 1.29 bits per heavy atom. The van der Waals surface area contributed by atoms with Crippen molar-refractivity contribution in [2.24, 2.45) is 0 Å². The standard InChI is InChI=1S/C16H25N3O2/c1-14-4-2-5-15(12-14)13-18-16(20)17-6-3-7-19-8-10-21-11-9-19/h2,4-5,12H,3,6-11,13H2,1H3,(H2,17,18,20). The number of ether oxygens (including phenoxy) is 1. The summed E-state index contributed by atoms with van der Waals surface area (Å²) in [6.07, 6.45) is 0.970. The number of rotatable bonds is 6. The van der Waals surface area contributed by atoms with Crippen LogP contribution >= 0.6 is 0 Å². The number of carbonyl (C=O) groups is 1. The maximum absolute atomic E-state index is 11.7. The highest BCUT2D eigenvalue weighted by Gasteiger charge is 2.09. The van der Waals surface area contributed by atoms with Crippen molar-refractivity contribution in [3.05, 3.63) is 35.4 Å². The van der Waals surface area contributed by atoms with E-state index in [-0.39, 0.29) is 6.03 Å². The van der Waals surface area contributed by atoms with Gasteiger partial charge in [-0.1, -0.05) is 29.8 Å². The van der Waals surface area contributed by atoms with Crippen molar-refractivity contribution >= 4 is 6.03 Å². The zero-order valence-electron chi connectivity index (χ0n) is 12.7. The first-order valence-corrected chi connectivity index (χ1v) is 7.61. The van der Waals surface area contributed by atoms with Gasteiger partial charge in [0.1, 0.15) is 0 Å². The van der Waals surface area contributed by atoms with Crippen LogP contribution in [0.1, 0.15) is 17.5 Å². The van der Waals surface area contributed by atoms with Gasteiger partial charge in [-0.2, -0.15) is 0 Å². The Kier molecular flexibility index (Phi) is 6.50. The quantitative estimate of drug-likeness (QED) is 0.781. The minimum absolute atomic E-state index is 0.0986. The van der Waals surface area contributed by atoms with Crippen LogP contribution in [0, 0.1) is 6.92 Å². The lowest BCUT2D eigenvalue weighted by Crippen LogP contribution is -2.39. The predicted octanol–water partition coefficient (Wildman–Crippen LogP) is 1.52. The second kappa shape index (κ2) is 8.64. The number of hydrogen-bond donors (Lipinski definition) is 2. The number of urea groups is 1. The van der Waals surface area contributed by atoms with Gasteiger partial charge in [0.05, 0.1) is 13.2 Å². The Labute approximate surface area is 126 Å². The number of carbonyl (C=O) groups excluding carboxylic acids is 1. The van der Waals surface area contributed by atoms with Crippen LogP contribution in [0.15, 0.2) is 24.3 Å². The molecule has 5 heteroatoms. The van der Waals surface area contributed by atoms with Crippen LogP contribution in [0.5, 0.6) is 0 Å². The lowest BCUT2D eigenvalue weighted by atomic mass is 10.1. The zero-order chi connectivity index (χ0) is 14.9. The van der Waals surface area contributed by atoms with Crippen LogP contribution in [-0.4, -0.2) is 50.3 Å². The molecular formula is C16H25N3O2. The normalized spacial score (nSPS) is 15.7. The van der Waals surface area contributed by atoms with Gasteiger partial charge in [0, 0.05) is 26.2 Å². The van der Waals surface area contributed by atoms with Crippen molar-refractivity contribution in [2.45, 2.75) is 19.9 Å². The molecule has 0 bridgehead atoms. The lowest BCUT2D eigenvalue weighted by Gasteiger charge is -2.26. The Morgan fingerprint density at radius 2 is 2.10 bits per heavy atom. The molecule has 1 saturated heterocycles. The fourth-order valence-corrected chi connectivity index (χ4v) is 2.40. The van der Waals surface area contributed by atoms with E-state index in [9.17, 15) is 4.79 Å². The fraction of sp³-hybridized carbons (Fsp3) is 0.562. The molecule has 1 heterocycles. The minimum atomic E-state index is -0.0986. The maximum atomic E-state index is 11.7. The molecule has 0 unspecified atom stereocenters. The molecule has 0 radical (unpaired) electrons. The summed E-state index contributed by atoms with van der Waals surface area (Å²) in [5.41, 5.74) is 2.33. The monoisotopic (exact) mass is 291 g/mol. The van der Waals surface area contributed by atoms with Crippen LogP contribution in [0.4, 0.5) is 4.79 Å². The Hall–Kier alpha value is -1.59. The van der Waals surface area contributed by atoms with Crippen LogP contribution in [-0.2, 0) is 11.3 Å². The van der Waals surface area contributed by atoms with Crippen molar-refractivity contribution in [2.75, 3.05) is 39.4 Å². The molecule has 1 aliphatic rings. The van der Waals surface area contributed by atoms with Crippen LogP contribution in [0.2, 0.25) is 0 Å². The molecule has 0 aliphatic carbocycles. The first kappa shape index (κ1) is 15.8. The molecule has 21 heavy (non-hydrogen) atoms. The van der Waals surface area contributed by atoms with E-state index < -0.39 is 0 Å². The highest BCUT2D eigenvalue weighted by molar-refractivity contribution is 5.73. The van der Waals surface area contributed by atoms with Gasteiger partial charge >= 0.3 is 6.03 Å². The lowest BCUT2D eigenvalue weighted by molar-refractivity contribution is 0.0375. The molecule has 1 aromatic carbocycles. The van der Waals surface area contributed by atoms with Crippen molar-refractivity contribution in [3.63, 3.8) is 0 Å². The summed E-state index contributed by atoms with van der Waals surface area (Å²) < 4.78 is 5.31. The second-order valence-corrected chi connectivity index (χ2v) is 5.41. The Morgan fingerprint density at radius 3 is 2.86 bits per heavy atom. The average molecular weight is 291 g/mol. The molecule has 0 atom stereocenters. The second-order valence-electron chi connectivity index (χ2n) is 5.41. The summed E-state index contributed by atoms with van der Waals surface area (Å²) in [7, 11) is 0. The van der Waals surface area contributed by atoms with Crippen molar-refractivity contribution in [3.8, 4) is 0 Å². The van der Waals surface area contributed by atoms with Crippen molar-refractivity contribution < 1.29 is 9.53 Å². The number of morpholine rings is 1. The predicted molar refractivity (Wildman–Crippen MR) is 83.3 cm³/mol. The van der Waals surface area contributed by atoms with Gasteiger partial charge in [-0.15, -0.1) is 0 Å². The van der Waals surface area contributed by atoms with Gasteiger partial charge in [0.2, 0.25) is 0 Å². The van der Waals surface area contributed by atoms with E-state index in [2.05, 4.69) is 34.6 Å². The molecule has 2 N–H and O–H groups in total. The van der Waals surface area contributed by atoms with Crippen molar-refractivity contribution in [1.29, 1.82) is 0 Å². The Balaban J connectivity index is 1.55. The first-order valence-electron chi connectivity index (χ1n) is 7.61. The molecule has 0 saturated carbocycles. The van der Waals surface area contributed by atoms with Gasteiger partial charge in [-0.25, -0.2) is 4.79 Å². The van der Waals surface area contributed by atoms with Gasteiger partial charge in [-0.05, 0) is 25.5 Å². The highest BCUT2D eigenvalue weighted by Crippen LogP contribution is 2.03. The van der Waals surface area contributed by atoms with E-state index in [1.165, 1.54) is 5.56 Å². The molecule has 0 spiro atoms. The molecule has 0 aromatic heterocycles. The van der Waals surface area contributed by atoms with Gasteiger partial charge in [0.25, 0.3) is 0 Å². The summed E-state index contributed by atoms with van der Waals surface area (Å²) in [6, 6.07) is 8.06. The van der Waals surface area contributed by atoms with Crippen LogP contribution in [0.25, 0.3) is 0 Å². The number of nitrogens with one attached hydrogen (secondary N) is 2. The molecule has 5 nitrogen and oxygen atoms in total. The number of benzene rings is 1. The molecular weight excluding hydrogens is 266 g/mol. The smallest absolute Gasteiger partial charge is 0.315 e. The number of hydrogen-bond acceptors (Lipinski definition) is 3. The molecule has 2 amide bonds. The maximum Gasteiger partial charge on any atom is 0.315 e. The van der Waals surface area contributed by atoms with Gasteiger partial charge in [-0.3, -0.25) is 4.90 Å². The first-order chi connectivity index (χ1) is 10.2. The van der Waals surface area contributed by atoms with Gasteiger partial charge < -0.3 is 15.4 Å². The molecule has 116 valence electrons. The van der Waals surface area contributed by atoms with Crippen LogP contribution in [0.3, 0.4) is 0 Å². The summed E-state index contributed by atoms with van der Waals surface area (Å²) in [5, 5.41) is 5.78. The van der Waals surface area contributed by atoms with E-state index in [0.717, 1.165) is 44.8 Å². The van der Waals surface area contributed by atoms with E-state index in [0.29, 0.717) is 13.1 Å². The van der Waals surface area contributed by atoms with Crippen molar-refractivity contribution in [1.82, 2.24) is 15.5 Å². The third-order valence-corrected chi connectivity index (χ3v) is 3.58. The highest BCUT2D eigenvalue weighted by atomic mass is 16.5. The third kappa shape index (κ3) is 6.14. The molecule has 2 rings (SSSR count). The number of nitrogens with zero attached hydrogens (tertiary/aromatic N) is 1. The van der Waals surface area contributed by atoms with E-state index in [1.54, 1.807) is 0 Å². The largest absolute Gasteiger partial charge is 0.379 e. The number of aryl methyl sites for hydroxylation is 1. The van der Waals surface area contributed by atoms with E-state index in [4.69, 9.17) is 4.74 Å². The summed E-state index contributed by atoms with van der Waals surface area (Å²) >= 11 is 0. The van der Waals surface area contributed by atoms with E-state index >= 15 is 0 Å². The SMILES string of the molecule is Cc1cccc(CNC(=O)NCCCN2CCOCC2)c1. The molecule has 1 fully saturated rings.